The number of aromatic nitrogens is 2. The van der Waals surface area contributed by atoms with Crippen molar-refractivity contribution in [2.75, 3.05) is 45.3 Å². The Labute approximate surface area is 131 Å². The zero-order chi connectivity index (χ0) is 15.7. The van der Waals surface area contributed by atoms with Crippen molar-refractivity contribution in [3.63, 3.8) is 0 Å². The molecular formula is C16H24N4O2. The number of nitrogens with zero attached hydrogens (tertiary/aromatic N) is 4. The second-order valence-corrected chi connectivity index (χ2v) is 6.30. The van der Waals surface area contributed by atoms with Crippen molar-refractivity contribution in [3.8, 4) is 0 Å². The number of hydrogen-bond donors (Lipinski definition) is 0. The topological polar surface area (TPSA) is 58.6 Å². The Hall–Kier alpha value is -1.69. The van der Waals surface area contributed by atoms with E-state index in [2.05, 4.69) is 9.97 Å². The van der Waals surface area contributed by atoms with Crippen molar-refractivity contribution >= 4 is 11.7 Å². The molecule has 0 radical (unpaired) electrons. The van der Waals surface area contributed by atoms with Gasteiger partial charge in [0.25, 0.3) is 0 Å². The molecule has 1 saturated heterocycles. The van der Waals surface area contributed by atoms with E-state index in [-0.39, 0.29) is 11.8 Å². The number of anilines is 1. The maximum atomic E-state index is 12.6. The van der Waals surface area contributed by atoms with E-state index < -0.39 is 0 Å². The minimum Gasteiger partial charge on any atom is -0.381 e. The smallest absolute Gasteiger partial charge is 0.228 e. The van der Waals surface area contributed by atoms with Gasteiger partial charge in [0, 0.05) is 45.8 Å². The summed E-state index contributed by atoms with van der Waals surface area (Å²) in [5.41, 5.74) is 2.28. The molecule has 0 aromatic carbocycles. The summed E-state index contributed by atoms with van der Waals surface area (Å²) in [6.45, 7) is 4.70. The fourth-order valence-corrected chi connectivity index (χ4v) is 3.28. The summed E-state index contributed by atoms with van der Waals surface area (Å²) in [6.07, 6.45) is 2.48. The third-order valence-corrected chi connectivity index (χ3v) is 4.45. The summed E-state index contributed by atoms with van der Waals surface area (Å²) in [6, 6.07) is 0. The Morgan fingerprint density at radius 2 is 2.05 bits per heavy atom. The van der Waals surface area contributed by atoms with E-state index in [0.717, 1.165) is 49.7 Å². The largest absolute Gasteiger partial charge is 0.381 e. The van der Waals surface area contributed by atoms with Gasteiger partial charge in [-0.3, -0.25) is 4.79 Å². The first kappa shape index (κ1) is 15.2. The molecule has 22 heavy (non-hydrogen) atoms. The van der Waals surface area contributed by atoms with E-state index in [0.29, 0.717) is 13.2 Å². The van der Waals surface area contributed by atoms with E-state index in [1.165, 1.54) is 5.56 Å². The molecule has 1 fully saturated rings. The summed E-state index contributed by atoms with van der Waals surface area (Å²) in [5.74, 6) is 2.07. The molecule has 1 aromatic heterocycles. The van der Waals surface area contributed by atoms with Gasteiger partial charge in [-0.15, -0.1) is 0 Å². The molecule has 0 spiro atoms. The summed E-state index contributed by atoms with van der Waals surface area (Å²) in [5, 5.41) is 0. The van der Waals surface area contributed by atoms with Gasteiger partial charge in [0.2, 0.25) is 5.91 Å². The van der Waals surface area contributed by atoms with Gasteiger partial charge in [-0.2, -0.15) is 0 Å². The lowest BCUT2D eigenvalue weighted by atomic mass is 10.1. The van der Waals surface area contributed by atoms with Crippen LogP contribution in [0.4, 0.5) is 5.82 Å². The quantitative estimate of drug-likeness (QED) is 0.809. The fraction of sp³-hybridized carbons (Fsp3) is 0.688. The van der Waals surface area contributed by atoms with Gasteiger partial charge in [-0.1, -0.05) is 0 Å². The van der Waals surface area contributed by atoms with Crippen molar-refractivity contribution in [2.45, 2.75) is 26.2 Å². The molecule has 6 nitrogen and oxygen atoms in total. The van der Waals surface area contributed by atoms with Gasteiger partial charge in [0.15, 0.2) is 0 Å². The second kappa shape index (κ2) is 6.20. The monoisotopic (exact) mass is 304 g/mol. The highest BCUT2D eigenvalue weighted by Crippen LogP contribution is 2.24. The van der Waals surface area contributed by atoms with Crippen LogP contribution in [0, 0.1) is 12.8 Å². The normalized spacial score (nSPS) is 21.4. The predicted molar refractivity (Wildman–Crippen MR) is 84.0 cm³/mol. The number of carbonyl (C=O) groups excluding carboxylic acids is 1. The number of fused-ring (bicyclic) bond motifs is 1. The molecular weight excluding hydrogens is 280 g/mol. The second-order valence-electron chi connectivity index (χ2n) is 6.30. The number of rotatable bonds is 2. The fourth-order valence-electron chi connectivity index (χ4n) is 3.28. The summed E-state index contributed by atoms with van der Waals surface area (Å²) in [4.78, 5) is 25.8. The van der Waals surface area contributed by atoms with Gasteiger partial charge in [0.1, 0.15) is 11.6 Å². The van der Waals surface area contributed by atoms with E-state index >= 15 is 0 Å². The Morgan fingerprint density at radius 1 is 1.27 bits per heavy atom. The Kier molecular flexibility index (Phi) is 4.29. The average Bonchev–Trinajstić information content (AvgIpc) is 2.93. The van der Waals surface area contributed by atoms with Crippen molar-refractivity contribution in [2.24, 2.45) is 5.92 Å². The van der Waals surface area contributed by atoms with Crippen molar-refractivity contribution in [1.82, 2.24) is 14.9 Å². The van der Waals surface area contributed by atoms with Crippen LogP contribution in [0.1, 0.15) is 23.5 Å². The highest BCUT2D eigenvalue weighted by atomic mass is 16.5. The number of aryl methyl sites for hydroxylation is 1. The first-order chi connectivity index (χ1) is 10.6. The lowest BCUT2D eigenvalue weighted by Gasteiger charge is -2.23. The zero-order valence-electron chi connectivity index (χ0n) is 13.6. The molecule has 1 amide bonds. The van der Waals surface area contributed by atoms with Gasteiger partial charge < -0.3 is 14.5 Å². The number of amides is 1. The third-order valence-electron chi connectivity index (χ3n) is 4.45. The van der Waals surface area contributed by atoms with Crippen LogP contribution in [0.15, 0.2) is 0 Å². The summed E-state index contributed by atoms with van der Waals surface area (Å²) >= 11 is 0. The highest BCUT2D eigenvalue weighted by molar-refractivity contribution is 5.79. The van der Waals surface area contributed by atoms with E-state index in [4.69, 9.17) is 4.74 Å². The SMILES string of the molecule is Cc1nc2c(c(N(C)C)n1)CCN(C(=O)C1CCOC1)CC2. The van der Waals surface area contributed by atoms with Crippen LogP contribution in [-0.4, -0.2) is 61.2 Å². The van der Waals surface area contributed by atoms with Crippen LogP contribution in [0.2, 0.25) is 0 Å². The van der Waals surface area contributed by atoms with Gasteiger partial charge in [-0.05, 0) is 19.8 Å². The molecule has 0 aliphatic carbocycles. The van der Waals surface area contributed by atoms with Crippen LogP contribution in [0.5, 0.6) is 0 Å². The molecule has 6 heteroatoms. The molecule has 3 heterocycles. The minimum absolute atomic E-state index is 0.0438. The summed E-state index contributed by atoms with van der Waals surface area (Å²) < 4.78 is 5.35. The molecule has 0 N–H and O–H groups in total. The maximum absolute atomic E-state index is 12.6. The van der Waals surface area contributed by atoms with Crippen LogP contribution in [-0.2, 0) is 22.4 Å². The van der Waals surface area contributed by atoms with Gasteiger partial charge in [0.05, 0.1) is 18.2 Å². The highest BCUT2D eigenvalue weighted by Gasteiger charge is 2.30. The Balaban J connectivity index is 1.80. The maximum Gasteiger partial charge on any atom is 0.228 e. The lowest BCUT2D eigenvalue weighted by molar-refractivity contribution is -0.135. The van der Waals surface area contributed by atoms with Crippen LogP contribution in [0.3, 0.4) is 0 Å². The average molecular weight is 304 g/mol. The standard InChI is InChI=1S/C16H24N4O2/c1-11-17-14-5-8-20(16(21)12-6-9-22-10-12)7-4-13(14)15(18-11)19(2)3/h12H,4-10H2,1-3H3. The van der Waals surface area contributed by atoms with Gasteiger partial charge >= 0.3 is 0 Å². The lowest BCUT2D eigenvalue weighted by Crippen LogP contribution is -2.38. The first-order valence-corrected chi connectivity index (χ1v) is 7.96. The van der Waals surface area contributed by atoms with Crippen LogP contribution in [0.25, 0.3) is 0 Å². The molecule has 2 aliphatic rings. The van der Waals surface area contributed by atoms with E-state index in [9.17, 15) is 4.79 Å². The molecule has 3 rings (SSSR count). The molecule has 1 aromatic rings. The first-order valence-electron chi connectivity index (χ1n) is 7.96. The van der Waals surface area contributed by atoms with Gasteiger partial charge in [-0.25, -0.2) is 9.97 Å². The number of hydrogen-bond acceptors (Lipinski definition) is 5. The van der Waals surface area contributed by atoms with E-state index in [1.807, 2.05) is 30.8 Å². The molecule has 0 bridgehead atoms. The summed E-state index contributed by atoms with van der Waals surface area (Å²) in [7, 11) is 4.01. The molecule has 1 unspecified atom stereocenters. The molecule has 2 aliphatic heterocycles. The van der Waals surface area contributed by atoms with Crippen molar-refractivity contribution in [1.29, 1.82) is 0 Å². The zero-order valence-corrected chi connectivity index (χ0v) is 13.6. The number of ether oxygens (including phenoxy) is 1. The molecule has 1 atom stereocenters. The number of carbonyl (C=O) groups is 1. The Morgan fingerprint density at radius 3 is 2.73 bits per heavy atom. The minimum atomic E-state index is 0.0438. The van der Waals surface area contributed by atoms with E-state index in [1.54, 1.807) is 0 Å². The van der Waals surface area contributed by atoms with Crippen molar-refractivity contribution < 1.29 is 9.53 Å². The molecule has 0 saturated carbocycles. The third kappa shape index (κ3) is 2.92. The molecule has 120 valence electrons. The van der Waals surface area contributed by atoms with Crippen LogP contribution < -0.4 is 4.90 Å². The van der Waals surface area contributed by atoms with Crippen molar-refractivity contribution in [3.05, 3.63) is 17.1 Å². The van der Waals surface area contributed by atoms with Crippen LogP contribution >= 0.6 is 0 Å². The Bertz CT molecular complexity index is 568. The predicted octanol–water partition coefficient (Wildman–Crippen LogP) is 0.815.